The Morgan fingerprint density at radius 1 is 1.21 bits per heavy atom. The molecule has 0 aliphatic carbocycles. The van der Waals surface area contributed by atoms with Crippen molar-refractivity contribution in [1.29, 1.82) is 0 Å². The van der Waals surface area contributed by atoms with Gasteiger partial charge in [-0.15, -0.1) is 24.0 Å². The molecule has 0 radical (unpaired) electrons. The third kappa shape index (κ3) is 5.77. The lowest BCUT2D eigenvalue weighted by Crippen LogP contribution is -2.52. The van der Waals surface area contributed by atoms with Gasteiger partial charge in [-0.05, 0) is 12.1 Å². The summed E-state index contributed by atoms with van der Waals surface area (Å²) in [5, 5.41) is 3.37. The van der Waals surface area contributed by atoms with Crippen molar-refractivity contribution in [3.8, 4) is 5.75 Å². The van der Waals surface area contributed by atoms with Gasteiger partial charge in [0.2, 0.25) is 5.89 Å². The number of benzene rings is 1. The first kappa shape index (κ1) is 23.3. The maximum atomic E-state index is 5.86. The summed E-state index contributed by atoms with van der Waals surface area (Å²) in [7, 11) is 3.53. The number of aliphatic imine (C=N–C) groups is 1. The summed E-state index contributed by atoms with van der Waals surface area (Å²) in [5.74, 6) is 3.36. The number of para-hydroxylation sites is 2. The number of hydrogen-bond acceptors (Lipinski definition) is 5. The molecule has 1 saturated heterocycles. The topological polar surface area (TPSA) is 66.1 Å². The summed E-state index contributed by atoms with van der Waals surface area (Å²) in [6.45, 7) is 10.5. The van der Waals surface area contributed by atoms with Crippen molar-refractivity contribution in [2.45, 2.75) is 32.7 Å². The number of aromatic nitrogens is 1. The van der Waals surface area contributed by atoms with Crippen LogP contribution in [0.25, 0.3) is 0 Å². The van der Waals surface area contributed by atoms with E-state index in [-0.39, 0.29) is 29.4 Å². The molecule has 29 heavy (non-hydrogen) atoms. The van der Waals surface area contributed by atoms with Crippen LogP contribution in [0.1, 0.15) is 32.4 Å². The highest BCUT2D eigenvalue weighted by molar-refractivity contribution is 14.0. The van der Waals surface area contributed by atoms with Gasteiger partial charge in [-0.25, -0.2) is 4.98 Å². The molecule has 1 aliphatic heterocycles. The molecule has 0 atom stereocenters. The van der Waals surface area contributed by atoms with Crippen LogP contribution in [-0.4, -0.2) is 56.2 Å². The number of halogens is 1. The highest BCUT2D eigenvalue weighted by atomic mass is 127. The van der Waals surface area contributed by atoms with Crippen LogP contribution in [0.2, 0.25) is 0 Å². The first-order chi connectivity index (χ1) is 13.4. The minimum atomic E-state index is -0.0399. The van der Waals surface area contributed by atoms with Crippen molar-refractivity contribution in [3.63, 3.8) is 0 Å². The van der Waals surface area contributed by atoms with E-state index in [1.54, 1.807) is 7.11 Å². The first-order valence-electron chi connectivity index (χ1n) is 9.71. The van der Waals surface area contributed by atoms with Gasteiger partial charge in [0.25, 0.3) is 0 Å². The molecule has 7 nitrogen and oxygen atoms in total. The predicted molar refractivity (Wildman–Crippen MR) is 128 cm³/mol. The van der Waals surface area contributed by atoms with Gasteiger partial charge in [-0.3, -0.25) is 4.99 Å². The van der Waals surface area contributed by atoms with Gasteiger partial charge in [0.05, 0.1) is 25.5 Å². The second-order valence-electron chi connectivity index (χ2n) is 7.91. The molecular weight excluding hydrogens is 481 g/mol. The molecule has 160 valence electrons. The molecule has 0 saturated carbocycles. The smallest absolute Gasteiger partial charge is 0.213 e. The lowest BCUT2D eigenvalue weighted by Gasteiger charge is -2.38. The molecule has 2 aromatic rings. The zero-order valence-electron chi connectivity index (χ0n) is 17.9. The summed E-state index contributed by atoms with van der Waals surface area (Å²) in [4.78, 5) is 13.4. The molecule has 0 amide bonds. The van der Waals surface area contributed by atoms with Crippen molar-refractivity contribution in [1.82, 2.24) is 15.2 Å². The van der Waals surface area contributed by atoms with Gasteiger partial charge in [0.1, 0.15) is 11.5 Å². The third-order valence-electron chi connectivity index (χ3n) is 4.91. The normalized spacial score (nSPS) is 15.1. The van der Waals surface area contributed by atoms with Gasteiger partial charge < -0.3 is 24.3 Å². The molecule has 3 rings (SSSR count). The fourth-order valence-electron chi connectivity index (χ4n) is 3.28. The van der Waals surface area contributed by atoms with Crippen molar-refractivity contribution in [2.24, 2.45) is 4.99 Å². The van der Waals surface area contributed by atoms with Crippen LogP contribution in [0.5, 0.6) is 5.75 Å². The largest absolute Gasteiger partial charge is 0.495 e. The molecule has 2 heterocycles. The molecule has 1 aromatic carbocycles. The van der Waals surface area contributed by atoms with E-state index in [0.717, 1.165) is 49.3 Å². The zero-order valence-corrected chi connectivity index (χ0v) is 20.3. The average molecular weight is 513 g/mol. The minimum absolute atomic E-state index is 0. The number of nitrogens with zero attached hydrogens (tertiary/aromatic N) is 4. The monoisotopic (exact) mass is 513 g/mol. The zero-order chi connectivity index (χ0) is 20.1. The SMILES string of the molecule is CN=C(NCc1ncc(C(C)(C)C)o1)N1CCN(c2ccccc2OC)CC1.I. The number of rotatable bonds is 4. The van der Waals surface area contributed by atoms with Gasteiger partial charge >= 0.3 is 0 Å². The van der Waals surface area contributed by atoms with Crippen LogP contribution in [0.3, 0.4) is 0 Å². The molecule has 0 unspecified atom stereocenters. The van der Waals surface area contributed by atoms with E-state index < -0.39 is 0 Å². The van der Waals surface area contributed by atoms with Crippen molar-refractivity contribution in [3.05, 3.63) is 42.1 Å². The van der Waals surface area contributed by atoms with E-state index in [0.29, 0.717) is 12.4 Å². The fraction of sp³-hybridized carbons (Fsp3) is 0.524. The number of piperazine rings is 1. The Kier molecular flexibility index (Phi) is 8.18. The number of oxazole rings is 1. The Labute approximate surface area is 190 Å². The Bertz CT molecular complexity index is 807. The Morgan fingerprint density at radius 3 is 2.48 bits per heavy atom. The van der Waals surface area contributed by atoms with Crippen LogP contribution in [0, 0.1) is 0 Å². The summed E-state index contributed by atoms with van der Waals surface area (Å²) in [5.41, 5.74) is 1.10. The van der Waals surface area contributed by atoms with Crippen molar-refractivity contribution >= 4 is 35.6 Å². The van der Waals surface area contributed by atoms with Crippen molar-refractivity contribution < 1.29 is 9.15 Å². The van der Waals surface area contributed by atoms with Crippen LogP contribution in [0.4, 0.5) is 5.69 Å². The van der Waals surface area contributed by atoms with Crippen LogP contribution < -0.4 is 15.0 Å². The molecule has 1 fully saturated rings. The van der Waals surface area contributed by atoms with Gasteiger partial charge in [0, 0.05) is 38.6 Å². The van der Waals surface area contributed by atoms with E-state index in [4.69, 9.17) is 9.15 Å². The Balaban J connectivity index is 0.00000300. The highest BCUT2D eigenvalue weighted by Crippen LogP contribution is 2.28. The van der Waals surface area contributed by atoms with Crippen LogP contribution in [0.15, 0.2) is 39.9 Å². The second kappa shape index (κ2) is 10.2. The number of guanidine groups is 1. The molecule has 1 aliphatic rings. The summed E-state index contributed by atoms with van der Waals surface area (Å²) in [6.07, 6.45) is 1.81. The lowest BCUT2D eigenvalue weighted by atomic mass is 9.94. The summed E-state index contributed by atoms with van der Waals surface area (Å²) < 4.78 is 11.4. The minimum Gasteiger partial charge on any atom is -0.495 e. The van der Waals surface area contributed by atoms with E-state index in [1.165, 1.54) is 0 Å². The molecule has 1 aromatic heterocycles. The molecule has 1 N–H and O–H groups in total. The third-order valence-corrected chi connectivity index (χ3v) is 4.91. The van der Waals surface area contributed by atoms with Gasteiger partial charge in [-0.2, -0.15) is 0 Å². The van der Waals surface area contributed by atoms with Crippen LogP contribution in [-0.2, 0) is 12.0 Å². The van der Waals surface area contributed by atoms with Gasteiger partial charge in [0.15, 0.2) is 5.96 Å². The molecular formula is C21H32IN5O2. The lowest BCUT2D eigenvalue weighted by molar-refractivity contribution is 0.357. The second-order valence-corrected chi connectivity index (χ2v) is 7.91. The van der Waals surface area contributed by atoms with E-state index in [9.17, 15) is 0 Å². The number of nitrogens with one attached hydrogen (secondary N) is 1. The van der Waals surface area contributed by atoms with Crippen molar-refractivity contribution in [2.75, 3.05) is 45.2 Å². The number of anilines is 1. The first-order valence-corrected chi connectivity index (χ1v) is 9.71. The summed E-state index contributed by atoms with van der Waals surface area (Å²) >= 11 is 0. The molecule has 0 spiro atoms. The molecule has 0 bridgehead atoms. The Morgan fingerprint density at radius 2 is 1.90 bits per heavy atom. The number of ether oxygens (including phenoxy) is 1. The van der Waals surface area contributed by atoms with E-state index >= 15 is 0 Å². The number of methoxy groups -OCH3 is 1. The van der Waals surface area contributed by atoms with Gasteiger partial charge in [-0.1, -0.05) is 32.9 Å². The predicted octanol–water partition coefficient (Wildman–Crippen LogP) is 3.50. The van der Waals surface area contributed by atoms with E-state index in [1.807, 2.05) is 31.4 Å². The average Bonchev–Trinajstić information content (AvgIpc) is 3.18. The quantitative estimate of drug-likeness (QED) is 0.384. The highest BCUT2D eigenvalue weighted by Gasteiger charge is 2.23. The fourth-order valence-corrected chi connectivity index (χ4v) is 3.28. The van der Waals surface area contributed by atoms with E-state index in [2.05, 4.69) is 51.9 Å². The summed E-state index contributed by atoms with van der Waals surface area (Å²) in [6, 6.07) is 8.16. The maximum Gasteiger partial charge on any atom is 0.213 e. The number of hydrogen-bond donors (Lipinski definition) is 1. The standard InChI is InChI=1S/C21H31N5O2.HI/c1-21(2,3)18-14-23-19(28-18)15-24-20(22-4)26-12-10-25(11-13-26)16-8-6-7-9-17(16)27-5;/h6-9,14H,10-13,15H2,1-5H3,(H,22,24);1H. The molecule has 8 heteroatoms. The maximum absolute atomic E-state index is 5.86. The van der Waals surface area contributed by atoms with Crippen LogP contribution >= 0.6 is 24.0 Å². The Hall–Kier alpha value is -1.97.